The molecule has 0 amide bonds. The van der Waals surface area contributed by atoms with Crippen molar-refractivity contribution in [3.63, 3.8) is 0 Å². The molecule has 0 bridgehead atoms. The number of nitro benzene ring substituents is 1. The van der Waals surface area contributed by atoms with Crippen LogP contribution in [0, 0.1) is 10.1 Å². The van der Waals surface area contributed by atoms with Gasteiger partial charge in [0.1, 0.15) is 0 Å². The fourth-order valence-electron chi connectivity index (χ4n) is 3.19. The second-order valence-electron chi connectivity index (χ2n) is 5.91. The Morgan fingerprint density at radius 3 is 2.68 bits per heavy atom. The Labute approximate surface area is 148 Å². The fraction of sp³-hybridized carbons (Fsp3) is 0.0526. The van der Waals surface area contributed by atoms with Gasteiger partial charge >= 0.3 is 0 Å². The summed E-state index contributed by atoms with van der Waals surface area (Å²) in [6, 6.07) is 12.4. The summed E-state index contributed by atoms with van der Waals surface area (Å²) in [7, 11) is 1.99. The zero-order valence-electron chi connectivity index (χ0n) is 13.4. The molecule has 0 spiro atoms. The monoisotopic (exact) mass is 351 g/mol. The summed E-state index contributed by atoms with van der Waals surface area (Å²) in [4.78, 5) is 13.8. The van der Waals surface area contributed by atoms with E-state index in [2.05, 4.69) is 4.98 Å². The first kappa shape index (κ1) is 15.5. The van der Waals surface area contributed by atoms with Crippen molar-refractivity contribution in [2.75, 3.05) is 0 Å². The van der Waals surface area contributed by atoms with Crippen LogP contribution in [-0.4, -0.2) is 14.5 Å². The molecule has 4 rings (SSSR count). The largest absolute Gasteiger partial charge is 0.366 e. The van der Waals surface area contributed by atoms with Crippen LogP contribution in [-0.2, 0) is 7.05 Å². The van der Waals surface area contributed by atoms with Gasteiger partial charge in [-0.25, -0.2) is 0 Å². The number of nitrogens with zero attached hydrogens (tertiary/aromatic N) is 2. The van der Waals surface area contributed by atoms with Gasteiger partial charge in [0.15, 0.2) is 0 Å². The maximum absolute atomic E-state index is 11.1. The highest BCUT2D eigenvalue weighted by atomic mass is 35.5. The van der Waals surface area contributed by atoms with Crippen molar-refractivity contribution in [2.45, 2.75) is 0 Å². The van der Waals surface area contributed by atoms with Gasteiger partial charge in [0.2, 0.25) is 0 Å². The molecule has 0 fully saturated rings. The van der Waals surface area contributed by atoms with Gasteiger partial charge in [-0.1, -0.05) is 23.7 Å². The van der Waals surface area contributed by atoms with Gasteiger partial charge < -0.3 is 9.55 Å². The van der Waals surface area contributed by atoms with Gasteiger partial charge in [-0.2, -0.15) is 0 Å². The molecule has 124 valence electrons. The third-order valence-corrected chi connectivity index (χ3v) is 4.59. The second-order valence-corrected chi connectivity index (χ2v) is 6.34. The molecule has 5 nitrogen and oxygen atoms in total. The number of hydrogen-bond donors (Lipinski definition) is 1. The van der Waals surface area contributed by atoms with Gasteiger partial charge in [-0.15, -0.1) is 0 Å². The lowest BCUT2D eigenvalue weighted by Crippen LogP contribution is -1.88. The van der Waals surface area contributed by atoms with E-state index < -0.39 is 0 Å². The Hall–Kier alpha value is -3.05. The molecule has 0 aliphatic heterocycles. The number of halogens is 1. The summed E-state index contributed by atoms with van der Waals surface area (Å²) < 4.78 is 2.05. The Balaban J connectivity index is 1.93. The molecule has 2 heterocycles. The van der Waals surface area contributed by atoms with Crippen LogP contribution in [0.5, 0.6) is 0 Å². The van der Waals surface area contributed by atoms with Crippen molar-refractivity contribution < 1.29 is 4.92 Å². The number of rotatable bonds is 3. The van der Waals surface area contributed by atoms with E-state index in [9.17, 15) is 10.1 Å². The number of aromatic amines is 1. The molecule has 25 heavy (non-hydrogen) atoms. The summed E-state index contributed by atoms with van der Waals surface area (Å²) in [5.74, 6) is 0. The minimum absolute atomic E-state index is 0.0746. The molecular weight excluding hydrogens is 338 g/mol. The molecule has 0 unspecified atom stereocenters. The molecule has 2 aromatic carbocycles. The van der Waals surface area contributed by atoms with E-state index in [0.29, 0.717) is 5.02 Å². The minimum atomic E-state index is -0.381. The quantitative estimate of drug-likeness (QED) is 0.396. The van der Waals surface area contributed by atoms with Gasteiger partial charge in [-0.05, 0) is 23.8 Å². The van der Waals surface area contributed by atoms with E-state index in [-0.39, 0.29) is 10.6 Å². The third kappa shape index (κ3) is 2.58. The number of benzene rings is 2. The van der Waals surface area contributed by atoms with E-state index in [1.165, 1.54) is 6.07 Å². The highest BCUT2D eigenvalue weighted by Gasteiger charge is 2.16. The number of nitrogens with one attached hydrogen (secondary N) is 1. The van der Waals surface area contributed by atoms with Crippen molar-refractivity contribution in [1.82, 2.24) is 9.55 Å². The maximum Gasteiger partial charge on any atom is 0.270 e. The Morgan fingerprint density at radius 2 is 1.88 bits per heavy atom. The Morgan fingerprint density at radius 1 is 1.08 bits per heavy atom. The van der Waals surface area contributed by atoms with E-state index >= 15 is 0 Å². The molecule has 0 aliphatic carbocycles. The lowest BCUT2D eigenvalue weighted by Gasteiger charge is -2.04. The first-order valence-corrected chi connectivity index (χ1v) is 8.09. The predicted octanol–water partition coefficient (Wildman–Crippen LogP) is 5.40. The van der Waals surface area contributed by atoms with Crippen LogP contribution in [0.15, 0.2) is 61.1 Å². The number of fused-ring (bicyclic) bond motifs is 1. The van der Waals surface area contributed by atoms with Gasteiger partial charge in [0.25, 0.3) is 5.69 Å². The second kappa shape index (κ2) is 5.79. The number of H-pyrrole nitrogens is 1. The van der Waals surface area contributed by atoms with Crippen LogP contribution in [0.25, 0.3) is 33.2 Å². The van der Waals surface area contributed by atoms with Crippen LogP contribution in [0.2, 0.25) is 5.02 Å². The molecule has 2 aromatic heterocycles. The zero-order chi connectivity index (χ0) is 17.6. The van der Waals surface area contributed by atoms with Crippen molar-refractivity contribution in [2.24, 2.45) is 7.05 Å². The highest BCUT2D eigenvalue weighted by molar-refractivity contribution is 6.31. The summed E-state index contributed by atoms with van der Waals surface area (Å²) >= 11 is 6.18. The number of hydrogen-bond acceptors (Lipinski definition) is 2. The average molecular weight is 352 g/mol. The first-order chi connectivity index (χ1) is 12.0. The van der Waals surface area contributed by atoms with E-state index in [1.54, 1.807) is 12.1 Å². The average Bonchev–Trinajstić information content (AvgIpc) is 3.19. The van der Waals surface area contributed by atoms with Crippen LogP contribution in [0.4, 0.5) is 5.69 Å². The van der Waals surface area contributed by atoms with E-state index in [0.717, 1.165) is 33.2 Å². The van der Waals surface area contributed by atoms with E-state index in [1.807, 2.05) is 54.5 Å². The number of nitro groups is 1. The topological polar surface area (TPSA) is 63.9 Å². The third-order valence-electron chi connectivity index (χ3n) is 4.36. The normalized spacial score (nSPS) is 11.1. The molecular formula is C19H14ClN3O2. The summed E-state index contributed by atoms with van der Waals surface area (Å²) in [5, 5.41) is 12.8. The number of aromatic nitrogens is 2. The summed E-state index contributed by atoms with van der Waals surface area (Å²) in [5.41, 5.74) is 4.87. The predicted molar refractivity (Wildman–Crippen MR) is 99.8 cm³/mol. The van der Waals surface area contributed by atoms with Crippen LogP contribution in [0.3, 0.4) is 0 Å². The van der Waals surface area contributed by atoms with Crippen molar-refractivity contribution in [3.05, 3.63) is 76.2 Å². The maximum atomic E-state index is 11.1. The summed E-state index contributed by atoms with van der Waals surface area (Å²) in [6.45, 7) is 0. The van der Waals surface area contributed by atoms with Crippen molar-refractivity contribution in [3.8, 4) is 22.3 Å². The molecule has 4 aromatic rings. The molecule has 0 saturated heterocycles. The SMILES string of the molecule is Cn1cc(-c2c[nH]cc2-c2cccc([N+](=O)[O-])c2)c2cc(Cl)ccc21. The Kier molecular flexibility index (Phi) is 3.58. The lowest BCUT2D eigenvalue weighted by atomic mass is 9.98. The van der Waals surface area contributed by atoms with Crippen molar-refractivity contribution >= 4 is 28.2 Å². The number of non-ortho nitro benzene ring substituents is 1. The van der Waals surface area contributed by atoms with Crippen LogP contribution < -0.4 is 0 Å². The molecule has 0 radical (unpaired) electrons. The Bertz CT molecular complexity index is 1110. The van der Waals surface area contributed by atoms with E-state index in [4.69, 9.17) is 11.6 Å². The summed E-state index contributed by atoms with van der Waals surface area (Å²) in [6.07, 6.45) is 5.81. The molecule has 0 aliphatic rings. The smallest absolute Gasteiger partial charge is 0.270 e. The van der Waals surface area contributed by atoms with Crippen LogP contribution in [0.1, 0.15) is 0 Å². The minimum Gasteiger partial charge on any atom is -0.366 e. The standard InChI is InChI=1S/C19H14ClN3O2/c1-22-11-18(15-8-13(20)5-6-19(15)22)17-10-21-9-16(17)12-3-2-4-14(7-12)23(24)25/h2-11,21H,1H3. The van der Waals surface area contributed by atoms with Crippen LogP contribution >= 0.6 is 11.6 Å². The molecule has 0 atom stereocenters. The van der Waals surface area contributed by atoms with Gasteiger partial charge in [0, 0.05) is 70.4 Å². The molecule has 0 saturated carbocycles. The first-order valence-electron chi connectivity index (χ1n) is 7.71. The van der Waals surface area contributed by atoms with Crippen molar-refractivity contribution in [1.29, 1.82) is 0 Å². The lowest BCUT2D eigenvalue weighted by molar-refractivity contribution is -0.384. The molecule has 6 heteroatoms. The fourth-order valence-corrected chi connectivity index (χ4v) is 3.36. The zero-order valence-corrected chi connectivity index (χ0v) is 14.1. The number of aryl methyl sites for hydroxylation is 1. The highest BCUT2D eigenvalue weighted by Crippen LogP contribution is 2.38. The van der Waals surface area contributed by atoms with Gasteiger partial charge in [-0.3, -0.25) is 10.1 Å². The molecule has 1 N–H and O–H groups in total. The van der Waals surface area contributed by atoms with Gasteiger partial charge in [0.05, 0.1) is 4.92 Å².